The van der Waals surface area contributed by atoms with Crippen molar-refractivity contribution in [1.29, 1.82) is 0 Å². The van der Waals surface area contributed by atoms with E-state index in [0.717, 1.165) is 0 Å². The first-order chi connectivity index (χ1) is 10.8. The fourth-order valence-electron chi connectivity index (χ4n) is 1.92. The topological polar surface area (TPSA) is 72.2 Å². The van der Waals surface area contributed by atoms with Crippen LogP contribution in [0.4, 0.5) is 19.0 Å². The van der Waals surface area contributed by atoms with Gasteiger partial charge < -0.3 is 4.52 Å². The number of halogens is 4. The number of nitrogens with one attached hydrogen (secondary N) is 1. The van der Waals surface area contributed by atoms with Crippen LogP contribution in [-0.4, -0.2) is 13.6 Å². The monoisotopic (exact) mass is 362 g/mol. The fraction of sp³-hybridized carbons (Fsp3) is 0. The minimum atomic E-state index is -4.57. The number of hydrogen-bond acceptors (Lipinski definition) is 4. The molecular formula is C13H6ClF3N2O3S. The van der Waals surface area contributed by atoms with Gasteiger partial charge in [0.2, 0.25) is 0 Å². The van der Waals surface area contributed by atoms with Crippen LogP contribution in [0.1, 0.15) is 0 Å². The van der Waals surface area contributed by atoms with E-state index in [4.69, 9.17) is 16.1 Å². The van der Waals surface area contributed by atoms with Gasteiger partial charge in [0.25, 0.3) is 10.0 Å². The lowest BCUT2D eigenvalue weighted by atomic mass is 10.2. The highest BCUT2D eigenvalue weighted by Crippen LogP contribution is 2.31. The van der Waals surface area contributed by atoms with E-state index in [1.807, 2.05) is 4.72 Å². The predicted octanol–water partition coefficient (Wildman–Crippen LogP) is 3.70. The molecule has 0 atom stereocenters. The van der Waals surface area contributed by atoms with Crippen LogP contribution in [0.5, 0.6) is 0 Å². The number of hydrogen-bond donors (Lipinski definition) is 1. The third-order valence-electron chi connectivity index (χ3n) is 2.97. The third kappa shape index (κ3) is 2.62. The highest BCUT2D eigenvalue weighted by Gasteiger charge is 2.26. The van der Waals surface area contributed by atoms with Crippen molar-refractivity contribution < 1.29 is 26.1 Å². The molecule has 0 fully saturated rings. The Labute approximate surface area is 132 Å². The van der Waals surface area contributed by atoms with Gasteiger partial charge in [0.1, 0.15) is 4.90 Å². The molecule has 0 aliphatic carbocycles. The molecule has 3 rings (SSSR count). The Hall–Kier alpha value is -2.26. The lowest BCUT2D eigenvalue weighted by Crippen LogP contribution is -2.16. The zero-order valence-electron chi connectivity index (χ0n) is 11.0. The largest absolute Gasteiger partial charge is 0.354 e. The number of sulfonamides is 1. The van der Waals surface area contributed by atoms with Crippen LogP contribution >= 0.6 is 11.6 Å². The molecule has 1 N–H and O–H groups in total. The summed E-state index contributed by atoms with van der Waals surface area (Å²) in [6, 6.07) is 5.62. The lowest BCUT2D eigenvalue weighted by molar-refractivity contribution is 0.432. The molecule has 5 nitrogen and oxygen atoms in total. The standard InChI is InChI=1S/C13H6ClF3N2O3S/c14-6-2-1-3-8-10(6)13(18-22-8)19-23(20,21)9-5-4-7(15)11(16)12(9)17/h1-5H,(H,18,19). The Kier molecular flexibility index (Phi) is 3.69. The first kappa shape index (κ1) is 15.6. The second-order valence-electron chi connectivity index (χ2n) is 4.42. The van der Waals surface area contributed by atoms with E-state index in [1.165, 1.54) is 12.1 Å². The Morgan fingerprint density at radius 2 is 1.83 bits per heavy atom. The molecule has 23 heavy (non-hydrogen) atoms. The van der Waals surface area contributed by atoms with Gasteiger partial charge in [-0.2, -0.15) is 0 Å². The smallest absolute Gasteiger partial charge is 0.266 e. The summed E-state index contributed by atoms with van der Waals surface area (Å²) >= 11 is 5.94. The van der Waals surface area contributed by atoms with Crippen LogP contribution in [-0.2, 0) is 10.0 Å². The second-order valence-corrected chi connectivity index (χ2v) is 6.48. The molecule has 2 aromatic carbocycles. The molecule has 1 aromatic heterocycles. The normalized spacial score (nSPS) is 11.8. The summed E-state index contributed by atoms with van der Waals surface area (Å²) < 4.78 is 71.0. The Balaban J connectivity index is 2.10. The number of benzene rings is 2. The van der Waals surface area contributed by atoms with Crippen LogP contribution < -0.4 is 4.72 Å². The molecule has 10 heteroatoms. The fourth-order valence-corrected chi connectivity index (χ4v) is 3.25. The summed E-state index contributed by atoms with van der Waals surface area (Å²) in [7, 11) is -4.57. The van der Waals surface area contributed by atoms with E-state index in [0.29, 0.717) is 12.1 Å². The van der Waals surface area contributed by atoms with E-state index in [1.54, 1.807) is 6.07 Å². The number of nitrogens with zero attached hydrogens (tertiary/aromatic N) is 1. The highest BCUT2D eigenvalue weighted by atomic mass is 35.5. The Bertz CT molecular complexity index is 1020. The first-order valence-corrected chi connectivity index (χ1v) is 7.87. The van der Waals surface area contributed by atoms with Crippen LogP contribution in [0.15, 0.2) is 39.8 Å². The van der Waals surface area contributed by atoms with Gasteiger partial charge in [-0.1, -0.05) is 22.8 Å². The molecule has 0 spiro atoms. The van der Waals surface area contributed by atoms with Crippen molar-refractivity contribution in [2.45, 2.75) is 4.90 Å². The van der Waals surface area contributed by atoms with Crippen LogP contribution in [0.3, 0.4) is 0 Å². The van der Waals surface area contributed by atoms with Crippen molar-refractivity contribution in [1.82, 2.24) is 5.16 Å². The number of fused-ring (bicyclic) bond motifs is 1. The van der Waals surface area contributed by atoms with Gasteiger partial charge in [0, 0.05) is 0 Å². The van der Waals surface area contributed by atoms with Gasteiger partial charge in [-0.15, -0.1) is 0 Å². The van der Waals surface area contributed by atoms with E-state index < -0.39 is 32.4 Å². The highest BCUT2D eigenvalue weighted by molar-refractivity contribution is 7.92. The average molecular weight is 363 g/mol. The number of aromatic nitrogens is 1. The summed E-state index contributed by atoms with van der Waals surface area (Å²) in [5.41, 5.74) is 0.195. The quantitative estimate of drug-likeness (QED) is 0.721. The molecule has 0 saturated carbocycles. The summed E-state index contributed by atoms with van der Waals surface area (Å²) in [6.45, 7) is 0. The van der Waals surface area contributed by atoms with Gasteiger partial charge in [-0.25, -0.2) is 21.6 Å². The second kappa shape index (κ2) is 5.43. The van der Waals surface area contributed by atoms with E-state index in [9.17, 15) is 21.6 Å². The molecule has 0 amide bonds. The first-order valence-electron chi connectivity index (χ1n) is 6.01. The average Bonchev–Trinajstić information content (AvgIpc) is 2.88. The maximum Gasteiger partial charge on any atom is 0.266 e. The summed E-state index contributed by atoms with van der Waals surface area (Å²) in [5.74, 6) is -5.53. The molecule has 0 radical (unpaired) electrons. The third-order valence-corrected chi connectivity index (χ3v) is 4.64. The summed E-state index contributed by atoms with van der Waals surface area (Å²) in [6.07, 6.45) is 0. The van der Waals surface area contributed by atoms with Gasteiger partial charge in [-0.3, -0.25) is 4.72 Å². The SMILES string of the molecule is O=S(=O)(Nc1noc2cccc(Cl)c12)c1ccc(F)c(F)c1F. The molecule has 0 bridgehead atoms. The number of rotatable bonds is 3. The van der Waals surface area contributed by atoms with Gasteiger partial charge in [0.15, 0.2) is 28.9 Å². The van der Waals surface area contributed by atoms with Crippen molar-refractivity contribution in [2.24, 2.45) is 0 Å². The van der Waals surface area contributed by atoms with Gasteiger partial charge in [-0.05, 0) is 24.3 Å². The molecule has 0 unspecified atom stereocenters. The lowest BCUT2D eigenvalue weighted by Gasteiger charge is -2.07. The van der Waals surface area contributed by atoms with Gasteiger partial charge >= 0.3 is 0 Å². The molecule has 0 aliphatic heterocycles. The maximum atomic E-state index is 13.7. The zero-order chi connectivity index (χ0) is 16.8. The van der Waals surface area contributed by atoms with E-state index in [2.05, 4.69) is 5.16 Å². The Morgan fingerprint density at radius 3 is 2.57 bits per heavy atom. The van der Waals surface area contributed by atoms with Crippen LogP contribution in [0.2, 0.25) is 5.02 Å². The minimum absolute atomic E-state index is 0.146. The van der Waals surface area contributed by atoms with E-state index >= 15 is 0 Å². The van der Waals surface area contributed by atoms with Crippen molar-refractivity contribution in [2.75, 3.05) is 4.72 Å². The van der Waals surface area contributed by atoms with Crippen LogP contribution in [0, 0.1) is 17.5 Å². The summed E-state index contributed by atoms with van der Waals surface area (Å²) in [5, 5.41) is 3.80. The van der Waals surface area contributed by atoms with Crippen LogP contribution in [0.25, 0.3) is 11.0 Å². The van der Waals surface area contributed by atoms with E-state index in [-0.39, 0.29) is 21.8 Å². The molecular weight excluding hydrogens is 357 g/mol. The predicted molar refractivity (Wildman–Crippen MR) is 76.1 cm³/mol. The van der Waals surface area contributed by atoms with Crippen molar-refractivity contribution in [3.63, 3.8) is 0 Å². The van der Waals surface area contributed by atoms with Crippen molar-refractivity contribution in [3.05, 3.63) is 52.8 Å². The molecule has 1 heterocycles. The summed E-state index contributed by atoms with van der Waals surface area (Å²) in [4.78, 5) is -1.07. The molecule has 3 aromatic rings. The molecule has 0 saturated heterocycles. The number of anilines is 1. The van der Waals surface area contributed by atoms with Crippen molar-refractivity contribution in [3.8, 4) is 0 Å². The molecule has 0 aliphatic rings. The minimum Gasteiger partial charge on any atom is -0.354 e. The van der Waals surface area contributed by atoms with Gasteiger partial charge in [0.05, 0.1) is 10.4 Å². The molecule has 120 valence electrons. The van der Waals surface area contributed by atoms with Crippen molar-refractivity contribution >= 4 is 38.4 Å². The Morgan fingerprint density at radius 1 is 1.09 bits per heavy atom. The zero-order valence-corrected chi connectivity index (χ0v) is 12.6. The maximum absolute atomic E-state index is 13.7.